The second-order valence-electron chi connectivity index (χ2n) is 11.3. The fourth-order valence-electron chi connectivity index (χ4n) is 5.24. The monoisotopic (exact) mass is 605 g/mol. The van der Waals surface area contributed by atoms with Crippen molar-refractivity contribution in [2.24, 2.45) is 0 Å². The molecule has 4 aromatic carbocycles. The number of anilines is 1. The van der Waals surface area contributed by atoms with Crippen LogP contribution >= 0.6 is 0 Å². The maximum absolute atomic E-state index is 13.1. The molecular weight excluding hydrogens is 562 g/mol. The average molecular weight is 606 g/mol. The molecule has 7 nitrogen and oxygen atoms in total. The molecule has 0 unspecified atom stereocenters. The molecule has 3 N–H and O–H groups in total. The molecule has 0 fully saturated rings. The van der Waals surface area contributed by atoms with E-state index < -0.39 is 12.0 Å². The molecule has 4 aromatic rings. The van der Waals surface area contributed by atoms with Gasteiger partial charge in [0.1, 0.15) is 6.04 Å². The number of ketones is 1. The SMILES string of the molecule is CCCCCCCNC(=O)N(C)c1cccc(-c2ccc(C[C@H](NCc3ccccc3C(=O)c3ccccc3)C(=O)O)cc2)c1. The van der Waals surface area contributed by atoms with Crippen molar-refractivity contribution in [3.05, 3.63) is 125 Å². The highest BCUT2D eigenvalue weighted by Gasteiger charge is 2.20. The number of carbonyl (C=O) groups excluding carboxylic acids is 2. The van der Waals surface area contributed by atoms with Gasteiger partial charge in [0.2, 0.25) is 0 Å². The van der Waals surface area contributed by atoms with Gasteiger partial charge in [-0.15, -0.1) is 0 Å². The van der Waals surface area contributed by atoms with Gasteiger partial charge in [0.25, 0.3) is 0 Å². The molecule has 0 saturated heterocycles. The Morgan fingerprint density at radius 1 is 0.778 bits per heavy atom. The van der Waals surface area contributed by atoms with Crippen molar-refractivity contribution in [1.29, 1.82) is 0 Å². The van der Waals surface area contributed by atoms with Crippen LogP contribution in [0.3, 0.4) is 0 Å². The number of rotatable bonds is 16. The third-order valence-electron chi connectivity index (χ3n) is 7.96. The van der Waals surface area contributed by atoms with Crippen molar-refractivity contribution in [1.82, 2.24) is 10.6 Å². The van der Waals surface area contributed by atoms with Gasteiger partial charge in [0.05, 0.1) is 0 Å². The summed E-state index contributed by atoms with van der Waals surface area (Å²) in [5.41, 5.74) is 5.49. The van der Waals surface area contributed by atoms with E-state index >= 15 is 0 Å². The molecule has 45 heavy (non-hydrogen) atoms. The molecule has 0 aliphatic rings. The van der Waals surface area contributed by atoms with E-state index in [9.17, 15) is 19.5 Å². The molecule has 0 aliphatic heterocycles. The number of amides is 2. The van der Waals surface area contributed by atoms with Crippen LogP contribution in [0.25, 0.3) is 11.1 Å². The standard InChI is InChI=1S/C38H43N3O4/c1-3-4-5-6-12-24-39-38(45)41(2)33-18-13-17-31(26-33)29-22-20-28(21-23-29)25-35(37(43)44)40-27-32-16-10-11-19-34(32)36(42)30-14-8-7-9-15-30/h7-11,13-23,26,35,40H,3-6,12,24-25,27H2,1-2H3,(H,39,45)(H,43,44)/t35-/m0/s1. The predicted octanol–water partition coefficient (Wildman–Crippen LogP) is 7.49. The summed E-state index contributed by atoms with van der Waals surface area (Å²) in [6.07, 6.45) is 6.01. The maximum atomic E-state index is 13.1. The number of benzene rings is 4. The summed E-state index contributed by atoms with van der Waals surface area (Å²) in [5.74, 6) is -1.05. The first-order chi connectivity index (χ1) is 21.9. The zero-order valence-corrected chi connectivity index (χ0v) is 26.2. The molecule has 0 saturated carbocycles. The van der Waals surface area contributed by atoms with E-state index in [-0.39, 0.29) is 24.8 Å². The Hall–Kier alpha value is -4.75. The highest BCUT2D eigenvalue weighted by molar-refractivity contribution is 6.09. The minimum Gasteiger partial charge on any atom is -0.480 e. The molecule has 0 heterocycles. The first kappa shape index (κ1) is 33.1. The number of hydrogen-bond donors (Lipinski definition) is 3. The lowest BCUT2D eigenvalue weighted by Crippen LogP contribution is -2.38. The molecule has 0 radical (unpaired) electrons. The predicted molar refractivity (Wildman–Crippen MR) is 181 cm³/mol. The van der Waals surface area contributed by atoms with Gasteiger partial charge in [-0.2, -0.15) is 0 Å². The number of carboxylic acid groups (broad SMARTS) is 1. The third kappa shape index (κ3) is 9.62. The van der Waals surface area contributed by atoms with Crippen molar-refractivity contribution in [2.45, 2.75) is 58.0 Å². The zero-order chi connectivity index (χ0) is 32.0. The van der Waals surface area contributed by atoms with Crippen LogP contribution in [0.4, 0.5) is 10.5 Å². The van der Waals surface area contributed by atoms with Crippen molar-refractivity contribution < 1.29 is 19.5 Å². The van der Waals surface area contributed by atoms with Crippen LogP contribution in [0, 0.1) is 0 Å². The number of nitrogens with zero attached hydrogens (tertiary/aromatic N) is 1. The first-order valence-electron chi connectivity index (χ1n) is 15.7. The Morgan fingerprint density at radius 2 is 1.49 bits per heavy atom. The van der Waals surface area contributed by atoms with Gasteiger partial charge < -0.3 is 10.4 Å². The van der Waals surface area contributed by atoms with E-state index in [1.807, 2.05) is 84.9 Å². The van der Waals surface area contributed by atoms with E-state index in [1.165, 1.54) is 19.3 Å². The van der Waals surface area contributed by atoms with Gasteiger partial charge in [-0.05, 0) is 47.2 Å². The number of carbonyl (C=O) groups is 3. The summed E-state index contributed by atoms with van der Waals surface area (Å²) < 4.78 is 0. The van der Waals surface area contributed by atoms with Crippen LogP contribution < -0.4 is 15.5 Å². The zero-order valence-electron chi connectivity index (χ0n) is 26.2. The molecule has 0 aromatic heterocycles. The third-order valence-corrected chi connectivity index (χ3v) is 7.96. The fraction of sp³-hybridized carbons (Fsp3) is 0.289. The second-order valence-corrected chi connectivity index (χ2v) is 11.3. The van der Waals surface area contributed by atoms with Crippen molar-refractivity contribution in [3.63, 3.8) is 0 Å². The Balaban J connectivity index is 1.36. The number of unbranched alkanes of at least 4 members (excludes halogenated alkanes) is 4. The van der Waals surface area contributed by atoms with Gasteiger partial charge in [-0.3, -0.25) is 19.8 Å². The number of urea groups is 1. The van der Waals surface area contributed by atoms with Crippen molar-refractivity contribution in [2.75, 3.05) is 18.5 Å². The van der Waals surface area contributed by atoms with E-state index in [4.69, 9.17) is 0 Å². The van der Waals surface area contributed by atoms with E-state index in [0.717, 1.165) is 40.8 Å². The van der Waals surface area contributed by atoms with Crippen molar-refractivity contribution in [3.8, 4) is 11.1 Å². The smallest absolute Gasteiger partial charge is 0.321 e. The molecule has 0 bridgehead atoms. The van der Waals surface area contributed by atoms with E-state index in [2.05, 4.69) is 17.6 Å². The average Bonchev–Trinajstić information content (AvgIpc) is 3.08. The maximum Gasteiger partial charge on any atom is 0.321 e. The summed E-state index contributed by atoms with van der Waals surface area (Å²) in [4.78, 5) is 39.6. The van der Waals surface area contributed by atoms with Crippen LogP contribution in [0.2, 0.25) is 0 Å². The highest BCUT2D eigenvalue weighted by Crippen LogP contribution is 2.25. The quantitative estimate of drug-likeness (QED) is 0.0908. The molecule has 2 amide bonds. The number of nitrogens with one attached hydrogen (secondary N) is 2. The van der Waals surface area contributed by atoms with Gasteiger partial charge in [-0.1, -0.05) is 124 Å². The van der Waals surface area contributed by atoms with E-state index in [1.54, 1.807) is 30.1 Å². The van der Waals surface area contributed by atoms with Crippen LogP contribution in [-0.4, -0.2) is 42.5 Å². The molecule has 4 rings (SSSR count). The molecule has 1 atom stereocenters. The van der Waals surface area contributed by atoms with Gasteiger partial charge >= 0.3 is 12.0 Å². The first-order valence-corrected chi connectivity index (χ1v) is 15.7. The Morgan fingerprint density at radius 3 is 2.22 bits per heavy atom. The lowest BCUT2D eigenvalue weighted by Gasteiger charge is -2.19. The summed E-state index contributed by atoms with van der Waals surface area (Å²) in [7, 11) is 1.77. The normalized spacial score (nSPS) is 11.5. The second kappa shape index (κ2) is 16.9. The van der Waals surface area contributed by atoms with Crippen LogP contribution in [0.15, 0.2) is 103 Å². The lowest BCUT2D eigenvalue weighted by atomic mass is 9.97. The summed E-state index contributed by atoms with van der Waals surface area (Å²) in [6.45, 7) is 3.10. The summed E-state index contributed by atoms with van der Waals surface area (Å²) in [6, 6.07) is 31.0. The van der Waals surface area contributed by atoms with Crippen LogP contribution in [0.5, 0.6) is 0 Å². The molecule has 7 heteroatoms. The minimum absolute atomic E-state index is 0.0934. The fourth-order valence-corrected chi connectivity index (χ4v) is 5.24. The topological polar surface area (TPSA) is 98.7 Å². The summed E-state index contributed by atoms with van der Waals surface area (Å²) in [5, 5.41) is 16.1. The van der Waals surface area contributed by atoms with Gasteiger partial charge in [-0.25, -0.2) is 4.79 Å². The Bertz CT molecular complexity index is 1550. The molecule has 0 aliphatic carbocycles. The van der Waals surface area contributed by atoms with Crippen LogP contribution in [0.1, 0.15) is 66.1 Å². The Kier molecular flexibility index (Phi) is 12.5. The van der Waals surface area contributed by atoms with Gasteiger partial charge in [0.15, 0.2) is 5.78 Å². The van der Waals surface area contributed by atoms with Crippen LogP contribution in [-0.2, 0) is 17.8 Å². The number of carboxylic acids is 1. The minimum atomic E-state index is -0.957. The highest BCUT2D eigenvalue weighted by atomic mass is 16.4. The number of aliphatic carboxylic acids is 1. The molecule has 0 spiro atoms. The molecule has 234 valence electrons. The summed E-state index contributed by atoms with van der Waals surface area (Å²) >= 11 is 0. The molecular formula is C38H43N3O4. The number of hydrogen-bond acceptors (Lipinski definition) is 4. The largest absolute Gasteiger partial charge is 0.480 e. The Labute approximate surface area is 266 Å². The lowest BCUT2D eigenvalue weighted by molar-refractivity contribution is -0.139. The van der Waals surface area contributed by atoms with Gasteiger partial charge in [0, 0.05) is 37.0 Å². The van der Waals surface area contributed by atoms with Crippen molar-refractivity contribution >= 4 is 23.5 Å². The van der Waals surface area contributed by atoms with E-state index in [0.29, 0.717) is 17.7 Å².